The first-order chi connectivity index (χ1) is 13.7. The second kappa shape index (κ2) is 8.09. The van der Waals surface area contributed by atoms with Crippen LogP contribution in [-0.2, 0) is 9.53 Å². The number of ether oxygens (including phenoxy) is 1. The molecule has 4 rings (SSSR count). The maximum atomic E-state index is 12.7. The van der Waals surface area contributed by atoms with Crippen LogP contribution in [0.4, 0.5) is 0 Å². The van der Waals surface area contributed by atoms with Gasteiger partial charge in [0.05, 0.1) is 5.56 Å². The molecule has 1 amide bonds. The number of nitrogens with one attached hydrogen (secondary N) is 1. The van der Waals surface area contributed by atoms with E-state index in [0.717, 1.165) is 24.0 Å². The molecule has 0 aliphatic heterocycles. The Bertz CT molecular complexity index is 948. The van der Waals surface area contributed by atoms with Crippen LogP contribution in [0.1, 0.15) is 34.9 Å². The molecule has 0 saturated heterocycles. The van der Waals surface area contributed by atoms with Gasteiger partial charge in [-0.2, -0.15) is 0 Å². The highest BCUT2D eigenvalue weighted by Crippen LogP contribution is 2.25. The Labute approximate surface area is 164 Å². The summed E-state index contributed by atoms with van der Waals surface area (Å²) in [6.45, 7) is 0. The highest BCUT2D eigenvalue weighted by atomic mass is 16.5. The summed E-state index contributed by atoms with van der Waals surface area (Å²) in [5.41, 5.74) is 3.17. The molecular formula is C24H21NO3. The predicted octanol–water partition coefficient (Wildman–Crippen LogP) is 4.53. The monoisotopic (exact) mass is 371 g/mol. The van der Waals surface area contributed by atoms with Gasteiger partial charge < -0.3 is 10.1 Å². The molecule has 28 heavy (non-hydrogen) atoms. The Morgan fingerprint density at radius 1 is 0.786 bits per heavy atom. The van der Waals surface area contributed by atoms with E-state index in [2.05, 4.69) is 5.32 Å². The van der Waals surface area contributed by atoms with E-state index < -0.39 is 12.1 Å². The van der Waals surface area contributed by atoms with Gasteiger partial charge in [0.25, 0.3) is 5.91 Å². The van der Waals surface area contributed by atoms with Crippen LogP contribution in [0.15, 0.2) is 84.9 Å². The van der Waals surface area contributed by atoms with Gasteiger partial charge in [-0.25, -0.2) is 4.79 Å². The lowest BCUT2D eigenvalue weighted by Crippen LogP contribution is -2.33. The molecule has 4 nitrogen and oxygen atoms in total. The number of hydrogen-bond acceptors (Lipinski definition) is 3. The average molecular weight is 371 g/mol. The summed E-state index contributed by atoms with van der Waals surface area (Å²) in [6.07, 6.45) is 0.993. The lowest BCUT2D eigenvalue weighted by atomic mass is 10.0. The average Bonchev–Trinajstić information content (AvgIpc) is 3.57. The van der Waals surface area contributed by atoms with Crippen molar-refractivity contribution in [2.45, 2.75) is 25.0 Å². The second-order valence-electron chi connectivity index (χ2n) is 6.92. The molecule has 0 unspecified atom stereocenters. The van der Waals surface area contributed by atoms with E-state index in [1.807, 2.05) is 60.7 Å². The molecule has 0 spiro atoms. The van der Waals surface area contributed by atoms with Crippen LogP contribution in [-0.4, -0.2) is 17.9 Å². The standard InChI is InChI=1S/C24H21NO3/c26-23(25-21-15-16-21)22(19-9-5-2-6-10-19)28-24(27)20-13-11-18(12-14-20)17-7-3-1-4-8-17/h1-14,21-22H,15-16H2,(H,25,26)/t22-/m0/s1. The van der Waals surface area contributed by atoms with Crippen molar-refractivity contribution in [2.24, 2.45) is 0 Å². The van der Waals surface area contributed by atoms with Gasteiger partial charge in [0, 0.05) is 11.6 Å². The Balaban J connectivity index is 1.51. The molecule has 1 fully saturated rings. The summed E-state index contributed by atoms with van der Waals surface area (Å²) >= 11 is 0. The molecule has 1 N–H and O–H groups in total. The number of carbonyl (C=O) groups is 2. The fourth-order valence-electron chi connectivity index (χ4n) is 3.01. The van der Waals surface area contributed by atoms with Crippen molar-refractivity contribution in [3.05, 3.63) is 96.1 Å². The Morgan fingerprint density at radius 3 is 1.96 bits per heavy atom. The highest BCUT2D eigenvalue weighted by Gasteiger charge is 2.31. The number of carbonyl (C=O) groups excluding carboxylic acids is 2. The fraction of sp³-hybridized carbons (Fsp3) is 0.167. The second-order valence-corrected chi connectivity index (χ2v) is 6.92. The van der Waals surface area contributed by atoms with Gasteiger partial charge in [0.15, 0.2) is 0 Å². The molecule has 140 valence electrons. The van der Waals surface area contributed by atoms with Crippen LogP contribution in [0, 0.1) is 0 Å². The normalized spacial score (nSPS) is 14.1. The Morgan fingerprint density at radius 2 is 1.36 bits per heavy atom. The summed E-state index contributed by atoms with van der Waals surface area (Å²) < 4.78 is 5.61. The molecule has 1 atom stereocenters. The number of amides is 1. The summed E-state index contributed by atoms with van der Waals surface area (Å²) in [6, 6.07) is 26.5. The van der Waals surface area contributed by atoms with Gasteiger partial charge in [0.1, 0.15) is 0 Å². The lowest BCUT2D eigenvalue weighted by Gasteiger charge is -2.18. The maximum absolute atomic E-state index is 12.7. The molecule has 1 aliphatic rings. The minimum Gasteiger partial charge on any atom is -0.444 e. The molecule has 1 saturated carbocycles. The Kier molecular flexibility index (Phi) is 5.20. The summed E-state index contributed by atoms with van der Waals surface area (Å²) in [5.74, 6) is -0.789. The molecule has 0 radical (unpaired) electrons. The third-order valence-corrected chi connectivity index (χ3v) is 4.72. The number of rotatable bonds is 6. The minimum atomic E-state index is -0.955. The van der Waals surface area contributed by atoms with Crippen LogP contribution in [0.25, 0.3) is 11.1 Å². The van der Waals surface area contributed by atoms with Gasteiger partial charge in [-0.3, -0.25) is 4.79 Å². The molecule has 1 aliphatic carbocycles. The number of benzene rings is 3. The van der Waals surface area contributed by atoms with E-state index in [9.17, 15) is 9.59 Å². The molecule has 0 heterocycles. The maximum Gasteiger partial charge on any atom is 0.339 e. The minimum absolute atomic E-state index is 0.197. The van der Waals surface area contributed by atoms with Crippen LogP contribution < -0.4 is 5.32 Å². The molecule has 3 aromatic carbocycles. The van der Waals surface area contributed by atoms with E-state index in [1.54, 1.807) is 24.3 Å². The molecule has 0 bridgehead atoms. The van der Waals surface area contributed by atoms with Crippen LogP contribution in [0.3, 0.4) is 0 Å². The quantitative estimate of drug-likeness (QED) is 0.648. The fourth-order valence-corrected chi connectivity index (χ4v) is 3.01. The SMILES string of the molecule is O=C(O[C@H](C(=O)NC1CC1)c1ccccc1)c1ccc(-c2ccccc2)cc1. The van der Waals surface area contributed by atoms with Gasteiger partial charge in [-0.15, -0.1) is 0 Å². The number of hydrogen-bond donors (Lipinski definition) is 1. The highest BCUT2D eigenvalue weighted by molar-refractivity contribution is 5.93. The zero-order chi connectivity index (χ0) is 19.3. The third kappa shape index (κ3) is 4.29. The van der Waals surface area contributed by atoms with E-state index in [0.29, 0.717) is 11.1 Å². The van der Waals surface area contributed by atoms with Crippen molar-refractivity contribution in [3.8, 4) is 11.1 Å². The van der Waals surface area contributed by atoms with Crippen molar-refractivity contribution in [1.82, 2.24) is 5.32 Å². The van der Waals surface area contributed by atoms with Crippen molar-refractivity contribution >= 4 is 11.9 Å². The van der Waals surface area contributed by atoms with Gasteiger partial charge in [-0.1, -0.05) is 72.8 Å². The molecule has 3 aromatic rings. The van der Waals surface area contributed by atoms with E-state index in [4.69, 9.17) is 4.74 Å². The van der Waals surface area contributed by atoms with Crippen LogP contribution in [0.5, 0.6) is 0 Å². The van der Waals surface area contributed by atoms with Crippen molar-refractivity contribution in [2.75, 3.05) is 0 Å². The van der Waals surface area contributed by atoms with E-state index in [1.165, 1.54) is 0 Å². The summed E-state index contributed by atoms with van der Waals surface area (Å²) in [7, 11) is 0. The molecule has 4 heteroatoms. The van der Waals surface area contributed by atoms with Crippen LogP contribution in [0.2, 0.25) is 0 Å². The van der Waals surface area contributed by atoms with Crippen molar-refractivity contribution in [3.63, 3.8) is 0 Å². The van der Waals surface area contributed by atoms with E-state index in [-0.39, 0.29) is 11.9 Å². The lowest BCUT2D eigenvalue weighted by molar-refractivity contribution is -0.130. The number of esters is 1. The van der Waals surface area contributed by atoms with Gasteiger partial charge in [0.2, 0.25) is 6.10 Å². The topological polar surface area (TPSA) is 55.4 Å². The first-order valence-corrected chi connectivity index (χ1v) is 9.42. The zero-order valence-corrected chi connectivity index (χ0v) is 15.4. The van der Waals surface area contributed by atoms with Crippen molar-refractivity contribution < 1.29 is 14.3 Å². The van der Waals surface area contributed by atoms with E-state index >= 15 is 0 Å². The van der Waals surface area contributed by atoms with Crippen LogP contribution >= 0.6 is 0 Å². The third-order valence-electron chi connectivity index (χ3n) is 4.72. The summed E-state index contributed by atoms with van der Waals surface area (Å²) in [5, 5.41) is 2.92. The molecule has 0 aromatic heterocycles. The van der Waals surface area contributed by atoms with Gasteiger partial charge >= 0.3 is 5.97 Å². The Hall–Kier alpha value is -3.40. The first kappa shape index (κ1) is 18.0. The predicted molar refractivity (Wildman–Crippen MR) is 108 cm³/mol. The van der Waals surface area contributed by atoms with Gasteiger partial charge in [-0.05, 0) is 36.1 Å². The first-order valence-electron chi connectivity index (χ1n) is 9.42. The summed E-state index contributed by atoms with van der Waals surface area (Å²) in [4.78, 5) is 25.3. The smallest absolute Gasteiger partial charge is 0.339 e. The zero-order valence-electron chi connectivity index (χ0n) is 15.4. The molecular weight excluding hydrogens is 350 g/mol. The van der Waals surface area contributed by atoms with Crippen molar-refractivity contribution in [1.29, 1.82) is 0 Å². The largest absolute Gasteiger partial charge is 0.444 e.